The van der Waals surface area contributed by atoms with Crippen molar-refractivity contribution >= 4 is 17.6 Å². The van der Waals surface area contributed by atoms with E-state index in [2.05, 4.69) is 4.90 Å². The van der Waals surface area contributed by atoms with Gasteiger partial charge in [-0.2, -0.15) is 0 Å². The molecule has 2 aliphatic rings. The smallest absolute Gasteiger partial charge is 0.240 e. The summed E-state index contributed by atoms with van der Waals surface area (Å²) >= 11 is 0. The highest BCUT2D eigenvalue weighted by Gasteiger charge is 2.35. The molecule has 2 N–H and O–H groups in total. The summed E-state index contributed by atoms with van der Waals surface area (Å²) in [6.07, 6.45) is 3.56. The van der Waals surface area contributed by atoms with Crippen molar-refractivity contribution in [2.45, 2.75) is 39.5 Å². The fourth-order valence-corrected chi connectivity index (χ4v) is 3.77. The molecule has 1 unspecified atom stereocenters. The molecule has 136 valence electrons. The van der Waals surface area contributed by atoms with E-state index in [0.717, 1.165) is 51.9 Å². The Kier molecular flexibility index (Phi) is 6.74. The number of carbonyl (C=O) groups is 3. The van der Waals surface area contributed by atoms with Crippen LogP contribution in [0.15, 0.2) is 0 Å². The molecule has 2 amide bonds. The van der Waals surface area contributed by atoms with Crippen LogP contribution in [0.1, 0.15) is 39.5 Å². The number of carbonyl (C=O) groups excluding carboxylic acids is 3. The fourth-order valence-electron chi connectivity index (χ4n) is 3.77. The van der Waals surface area contributed by atoms with Crippen LogP contribution in [0.3, 0.4) is 0 Å². The van der Waals surface area contributed by atoms with Gasteiger partial charge in [0.2, 0.25) is 11.8 Å². The number of amides is 2. The van der Waals surface area contributed by atoms with Gasteiger partial charge in [0.15, 0.2) is 0 Å². The van der Waals surface area contributed by atoms with Crippen molar-refractivity contribution in [3.8, 4) is 0 Å². The third-order valence-electron chi connectivity index (χ3n) is 5.36. The maximum atomic E-state index is 12.6. The van der Waals surface area contributed by atoms with Crippen LogP contribution in [-0.2, 0) is 14.4 Å². The van der Waals surface area contributed by atoms with E-state index in [1.807, 2.05) is 4.90 Å². The van der Waals surface area contributed by atoms with E-state index in [-0.39, 0.29) is 29.4 Å². The highest BCUT2D eigenvalue weighted by molar-refractivity contribution is 5.87. The second kappa shape index (κ2) is 8.58. The van der Waals surface area contributed by atoms with Crippen molar-refractivity contribution in [3.05, 3.63) is 0 Å². The minimum atomic E-state index is -0.254. The van der Waals surface area contributed by atoms with E-state index in [9.17, 15) is 14.4 Å². The first-order chi connectivity index (χ1) is 11.4. The predicted octanol–water partition coefficient (Wildman–Crippen LogP) is 0.248. The molecule has 2 fully saturated rings. The molecule has 1 heterocycles. The summed E-state index contributed by atoms with van der Waals surface area (Å²) in [5.41, 5.74) is 0. The summed E-state index contributed by atoms with van der Waals surface area (Å²) < 4.78 is 0. The summed E-state index contributed by atoms with van der Waals surface area (Å²) in [5.74, 6) is 5.67. The topological polar surface area (TPSA) is 86.9 Å². The van der Waals surface area contributed by atoms with Crippen LogP contribution >= 0.6 is 0 Å². The molecule has 2 rings (SSSR count). The maximum Gasteiger partial charge on any atom is 0.240 e. The molecule has 2 atom stereocenters. The molecule has 1 aliphatic carbocycles. The SMILES string of the molecule is CC(=O)[C@@H]1CCCCC1C(=O)N(N)CCN1CCN(C(C)=O)CC1. The minimum absolute atomic E-state index is 0.0989. The number of piperazine rings is 1. The van der Waals surface area contributed by atoms with Crippen LogP contribution < -0.4 is 5.84 Å². The third-order valence-corrected chi connectivity index (χ3v) is 5.36. The lowest BCUT2D eigenvalue weighted by Crippen LogP contribution is -2.52. The monoisotopic (exact) mass is 338 g/mol. The van der Waals surface area contributed by atoms with Crippen molar-refractivity contribution in [1.82, 2.24) is 14.8 Å². The molecule has 7 heteroatoms. The average molecular weight is 338 g/mol. The van der Waals surface area contributed by atoms with Crippen LogP contribution in [0.2, 0.25) is 0 Å². The van der Waals surface area contributed by atoms with Gasteiger partial charge < -0.3 is 4.90 Å². The van der Waals surface area contributed by atoms with E-state index in [0.29, 0.717) is 13.1 Å². The zero-order valence-electron chi connectivity index (χ0n) is 14.9. The normalized spacial score (nSPS) is 25.4. The molecule has 1 saturated carbocycles. The average Bonchev–Trinajstić information content (AvgIpc) is 2.59. The zero-order chi connectivity index (χ0) is 17.7. The molecular formula is C17H30N4O3. The number of rotatable bonds is 5. The molecule has 0 aromatic heterocycles. The quantitative estimate of drug-likeness (QED) is 0.441. The molecule has 0 aromatic carbocycles. The number of Topliss-reactive ketones (excluding diaryl/α,β-unsaturated/α-hetero) is 1. The molecule has 1 saturated heterocycles. The Morgan fingerprint density at radius 1 is 1.00 bits per heavy atom. The Balaban J connectivity index is 1.79. The highest BCUT2D eigenvalue weighted by Crippen LogP contribution is 2.31. The first-order valence-corrected chi connectivity index (χ1v) is 8.94. The van der Waals surface area contributed by atoms with Crippen molar-refractivity contribution in [2.24, 2.45) is 17.7 Å². The molecule has 24 heavy (non-hydrogen) atoms. The van der Waals surface area contributed by atoms with Crippen LogP contribution in [-0.4, -0.2) is 71.7 Å². The second-order valence-electron chi connectivity index (χ2n) is 6.99. The van der Waals surface area contributed by atoms with Crippen molar-refractivity contribution in [2.75, 3.05) is 39.3 Å². The van der Waals surface area contributed by atoms with Gasteiger partial charge in [-0.3, -0.25) is 24.3 Å². The van der Waals surface area contributed by atoms with Crippen molar-refractivity contribution < 1.29 is 14.4 Å². The Hall–Kier alpha value is -1.47. The Morgan fingerprint density at radius 2 is 1.58 bits per heavy atom. The number of nitrogens with zero attached hydrogens (tertiary/aromatic N) is 3. The van der Waals surface area contributed by atoms with E-state index in [4.69, 9.17) is 5.84 Å². The van der Waals surface area contributed by atoms with Gasteiger partial charge in [-0.1, -0.05) is 12.8 Å². The van der Waals surface area contributed by atoms with Crippen LogP contribution in [0.5, 0.6) is 0 Å². The lowest BCUT2D eigenvalue weighted by Gasteiger charge is -2.36. The van der Waals surface area contributed by atoms with E-state index >= 15 is 0 Å². The molecule has 7 nitrogen and oxygen atoms in total. The second-order valence-corrected chi connectivity index (χ2v) is 6.99. The number of hydrazine groups is 1. The van der Waals surface area contributed by atoms with Gasteiger partial charge >= 0.3 is 0 Å². The van der Waals surface area contributed by atoms with Crippen LogP contribution in [0.25, 0.3) is 0 Å². The van der Waals surface area contributed by atoms with Gasteiger partial charge in [0.1, 0.15) is 5.78 Å². The summed E-state index contributed by atoms with van der Waals surface area (Å²) in [5, 5.41) is 1.29. The molecule has 0 bridgehead atoms. The van der Waals surface area contributed by atoms with Gasteiger partial charge in [0, 0.05) is 58.0 Å². The van der Waals surface area contributed by atoms with E-state index in [1.54, 1.807) is 13.8 Å². The number of hydrogen-bond acceptors (Lipinski definition) is 5. The Labute approximate surface area is 144 Å². The van der Waals surface area contributed by atoms with Crippen LogP contribution in [0, 0.1) is 11.8 Å². The first-order valence-electron chi connectivity index (χ1n) is 8.94. The molecule has 1 aliphatic heterocycles. The summed E-state index contributed by atoms with van der Waals surface area (Å²) in [7, 11) is 0. The molecule has 0 spiro atoms. The number of ketones is 1. The lowest BCUT2D eigenvalue weighted by molar-refractivity contribution is -0.143. The van der Waals surface area contributed by atoms with Gasteiger partial charge in [0.25, 0.3) is 0 Å². The zero-order valence-corrected chi connectivity index (χ0v) is 14.9. The van der Waals surface area contributed by atoms with E-state index in [1.165, 1.54) is 5.01 Å². The van der Waals surface area contributed by atoms with Gasteiger partial charge in [-0.25, -0.2) is 5.84 Å². The van der Waals surface area contributed by atoms with Gasteiger partial charge in [-0.05, 0) is 19.8 Å². The molecule has 0 aromatic rings. The lowest BCUT2D eigenvalue weighted by atomic mass is 9.76. The van der Waals surface area contributed by atoms with Crippen molar-refractivity contribution in [3.63, 3.8) is 0 Å². The summed E-state index contributed by atoms with van der Waals surface area (Å²) in [6.45, 7) is 7.39. The van der Waals surface area contributed by atoms with E-state index < -0.39 is 0 Å². The van der Waals surface area contributed by atoms with Crippen LogP contribution in [0.4, 0.5) is 0 Å². The van der Waals surface area contributed by atoms with Gasteiger partial charge in [-0.15, -0.1) is 0 Å². The molecular weight excluding hydrogens is 308 g/mol. The van der Waals surface area contributed by atoms with Crippen molar-refractivity contribution in [1.29, 1.82) is 0 Å². The number of hydrogen-bond donors (Lipinski definition) is 1. The largest absolute Gasteiger partial charge is 0.340 e. The minimum Gasteiger partial charge on any atom is -0.340 e. The summed E-state index contributed by atoms with van der Waals surface area (Å²) in [4.78, 5) is 39.8. The standard InChI is InChI=1S/C17H30N4O3/c1-13(22)15-5-3-4-6-16(15)17(24)21(18)12-9-19-7-10-20(11-8-19)14(2)23/h15-16H,3-12,18H2,1-2H3/t15-,16?/m0/s1. The number of nitrogens with two attached hydrogens (primary N) is 1. The third kappa shape index (κ3) is 4.77. The molecule has 0 radical (unpaired) electrons. The highest BCUT2D eigenvalue weighted by atomic mass is 16.2. The maximum absolute atomic E-state index is 12.6. The first kappa shape index (κ1) is 18.9. The van der Waals surface area contributed by atoms with Gasteiger partial charge in [0.05, 0.1) is 0 Å². The Morgan fingerprint density at radius 3 is 2.12 bits per heavy atom. The predicted molar refractivity (Wildman–Crippen MR) is 90.7 cm³/mol. The fraction of sp³-hybridized carbons (Fsp3) is 0.824. The Bertz CT molecular complexity index is 474. The summed E-state index contributed by atoms with van der Waals surface area (Å²) in [6, 6.07) is 0.